The van der Waals surface area contributed by atoms with Gasteiger partial charge in [-0.1, -0.05) is 42.5 Å². The number of pyridine rings is 1. The van der Waals surface area contributed by atoms with Crippen LogP contribution in [0.3, 0.4) is 0 Å². The van der Waals surface area contributed by atoms with Gasteiger partial charge in [0.15, 0.2) is 0 Å². The van der Waals surface area contributed by atoms with Crippen LogP contribution < -0.4 is 5.32 Å². The third-order valence-electron chi connectivity index (χ3n) is 5.10. The zero-order valence-corrected chi connectivity index (χ0v) is 15.2. The van der Waals surface area contributed by atoms with Crippen LogP contribution in [-0.2, 0) is 16.0 Å². The molecule has 1 aliphatic heterocycles. The average molecular weight is 359 g/mol. The molecule has 0 saturated carbocycles. The molecule has 0 radical (unpaired) electrons. The maximum absolute atomic E-state index is 12.8. The van der Waals surface area contributed by atoms with Crippen molar-refractivity contribution in [1.82, 2.24) is 9.88 Å². The van der Waals surface area contributed by atoms with Crippen LogP contribution in [0.4, 0.5) is 5.69 Å². The summed E-state index contributed by atoms with van der Waals surface area (Å²) in [6.45, 7) is 2.20. The second kappa shape index (κ2) is 7.19. The summed E-state index contributed by atoms with van der Waals surface area (Å²) >= 11 is 0. The van der Waals surface area contributed by atoms with Gasteiger partial charge in [-0.2, -0.15) is 0 Å². The smallest absolute Gasteiger partial charge is 0.226 e. The highest BCUT2D eigenvalue weighted by molar-refractivity contribution is 6.00. The predicted molar refractivity (Wildman–Crippen MR) is 105 cm³/mol. The molecule has 4 rings (SSSR count). The lowest BCUT2D eigenvalue weighted by molar-refractivity contribution is -0.132. The van der Waals surface area contributed by atoms with E-state index in [0.717, 1.165) is 22.9 Å². The Labute approximate surface area is 158 Å². The summed E-state index contributed by atoms with van der Waals surface area (Å²) in [7, 11) is 0. The highest BCUT2D eigenvalue weighted by Crippen LogP contribution is 2.33. The Kier molecular flexibility index (Phi) is 4.59. The number of rotatable bonds is 3. The van der Waals surface area contributed by atoms with Gasteiger partial charge in [0.05, 0.1) is 23.7 Å². The molecular weight excluding hydrogens is 338 g/mol. The van der Waals surface area contributed by atoms with Gasteiger partial charge >= 0.3 is 0 Å². The SMILES string of the molecule is CC(=O)N1CCc2ccccc2C1CC(=O)Nc1cccc2cccnc12. The molecule has 3 aromatic rings. The Balaban J connectivity index is 1.60. The van der Waals surface area contributed by atoms with Gasteiger partial charge in [0.2, 0.25) is 11.8 Å². The lowest BCUT2D eigenvalue weighted by atomic mass is 9.90. The molecule has 5 nitrogen and oxygen atoms in total. The second-order valence-corrected chi connectivity index (χ2v) is 6.81. The molecule has 0 spiro atoms. The van der Waals surface area contributed by atoms with Gasteiger partial charge in [-0.25, -0.2) is 0 Å². The summed E-state index contributed by atoms with van der Waals surface area (Å²) in [6.07, 6.45) is 2.76. The molecule has 5 heteroatoms. The first-order valence-electron chi connectivity index (χ1n) is 9.12. The number of aromatic nitrogens is 1. The van der Waals surface area contributed by atoms with Crippen molar-refractivity contribution in [3.05, 3.63) is 71.9 Å². The average Bonchev–Trinajstić information content (AvgIpc) is 2.68. The summed E-state index contributed by atoms with van der Waals surface area (Å²) in [5, 5.41) is 3.96. The molecule has 0 fully saturated rings. The zero-order valence-electron chi connectivity index (χ0n) is 15.2. The van der Waals surface area contributed by atoms with Crippen LogP contribution in [0.25, 0.3) is 10.9 Å². The van der Waals surface area contributed by atoms with Crippen LogP contribution in [0.15, 0.2) is 60.8 Å². The lowest BCUT2D eigenvalue weighted by Crippen LogP contribution is -2.40. The van der Waals surface area contributed by atoms with Gasteiger partial charge < -0.3 is 10.2 Å². The van der Waals surface area contributed by atoms with Crippen molar-refractivity contribution in [2.45, 2.75) is 25.8 Å². The first kappa shape index (κ1) is 17.2. The van der Waals surface area contributed by atoms with E-state index in [2.05, 4.69) is 16.4 Å². The normalized spacial score (nSPS) is 16.0. The molecule has 0 saturated heterocycles. The second-order valence-electron chi connectivity index (χ2n) is 6.81. The van der Waals surface area contributed by atoms with Crippen molar-refractivity contribution < 1.29 is 9.59 Å². The maximum Gasteiger partial charge on any atom is 0.226 e. The first-order chi connectivity index (χ1) is 13.1. The summed E-state index contributed by atoms with van der Waals surface area (Å²) < 4.78 is 0. The Morgan fingerprint density at radius 1 is 1.11 bits per heavy atom. The Morgan fingerprint density at radius 2 is 1.93 bits per heavy atom. The Bertz CT molecular complexity index is 1010. The zero-order chi connectivity index (χ0) is 18.8. The number of nitrogens with one attached hydrogen (secondary N) is 1. The van der Waals surface area contributed by atoms with Crippen LogP contribution in [0, 0.1) is 0 Å². The van der Waals surface area contributed by atoms with Crippen molar-refractivity contribution in [2.75, 3.05) is 11.9 Å². The van der Waals surface area contributed by atoms with Gasteiger partial charge in [-0.3, -0.25) is 14.6 Å². The number of anilines is 1. The van der Waals surface area contributed by atoms with E-state index in [9.17, 15) is 9.59 Å². The third-order valence-corrected chi connectivity index (χ3v) is 5.10. The highest BCUT2D eigenvalue weighted by atomic mass is 16.2. The van der Waals surface area contributed by atoms with Gasteiger partial charge in [0.1, 0.15) is 0 Å². The molecular formula is C22H21N3O2. The standard InChI is InChI=1S/C22H21N3O2/c1-15(26)25-13-11-16-6-2-3-9-18(16)20(25)14-21(27)24-19-10-4-7-17-8-5-12-23-22(17)19/h2-10,12,20H,11,13-14H2,1H3,(H,24,27). The summed E-state index contributed by atoms with van der Waals surface area (Å²) in [4.78, 5) is 31.1. The fraction of sp³-hybridized carbons (Fsp3) is 0.227. The van der Waals surface area contributed by atoms with Crippen LogP contribution in [0.5, 0.6) is 0 Å². The van der Waals surface area contributed by atoms with Crippen LogP contribution in [0.1, 0.15) is 30.5 Å². The van der Waals surface area contributed by atoms with E-state index in [1.165, 1.54) is 5.56 Å². The number of benzene rings is 2. The molecule has 27 heavy (non-hydrogen) atoms. The number of hydrogen-bond donors (Lipinski definition) is 1. The van der Waals surface area contributed by atoms with Crippen LogP contribution in [0.2, 0.25) is 0 Å². The minimum absolute atomic E-state index is 0.00543. The molecule has 1 aliphatic rings. The summed E-state index contributed by atoms with van der Waals surface area (Å²) in [5.41, 5.74) is 3.72. The Morgan fingerprint density at radius 3 is 2.78 bits per heavy atom. The van der Waals surface area contributed by atoms with Crippen molar-refractivity contribution in [2.24, 2.45) is 0 Å². The number of carbonyl (C=O) groups excluding carboxylic acids is 2. The molecule has 1 unspecified atom stereocenters. The number of hydrogen-bond acceptors (Lipinski definition) is 3. The fourth-order valence-corrected chi connectivity index (χ4v) is 3.83. The van der Waals surface area contributed by atoms with E-state index in [0.29, 0.717) is 12.2 Å². The first-order valence-corrected chi connectivity index (χ1v) is 9.12. The largest absolute Gasteiger partial charge is 0.335 e. The molecule has 136 valence electrons. The fourth-order valence-electron chi connectivity index (χ4n) is 3.83. The molecule has 1 atom stereocenters. The van der Waals surface area contributed by atoms with Gasteiger partial charge in [0, 0.05) is 25.1 Å². The van der Waals surface area contributed by atoms with Gasteiger partial charge in [0.25, 0.3) is 0 Å². The lowest BCUT2D eigenvalue weighted by Gasteiger charge is -2.36. The molecule has 0 aliphatic carbocycles. The molecule has 2 aromatic carbocycles. The highest BCUT2D eigenvalue weighted by Gasteiger charge is 2.30. The van der Waals surface area contributed by atoms with Crippen molar-refractivity contribution in [3.63, 3.8) is 0 Å². The van der Waals surface area contributed by atoms with E-state index in [1.54, 1.807) is 18.0 Å². The van der Waals surface area contributed by atoms with Crippen molar-refractivity contribution >= 4 is 28.4 Å². The van der Waals surface area contributed by atoms with E-state index < -0.39 is 0 Å². The quantitative estimate of drug-likeness (QED) is 0.775. The predicted octanol–water partition coefficient (Wildman–Crippen LogP) is 3.71. The molecule has 1 aromatic heterocycles. The number of para-hydroxylation sites is 1. The van der Waals surface area contributed by atoms with Crippen LogP contribution >= 0.6 is 0 Å². The van der Waals surface area contributed by atoms with E-state index in [4.69, 9.17) is 0 Å². The van der Waals surface area contributed by atoms with E-state index in [1.807, 2.05) is 48.5 Å². The van der Waals surface area contributed by atoms with E-state index >= 15 is 0 Å². The summed E-state index contributed by atoms with van der Waals surface area (Å²) in [5.74, 6) is -0.129. The van der Waals surface area contributed by atoms with Gasteiger partial charge in [-0.15, -0.1) is 0 Å². The minimum atomic E-state index is -0.240. The van der Waals surface area contributed by atoms with Gasteiger partial charge in [-0.05, 0) is 29.7 Å². The topological polar surface area (TPSA) is 62.3 Å². The van der Waals surface area contributed by atoms with Crippen LogP contribution in [-0.4, -0.2) is 28.2 Å². The number of carbonyl (C=O) groups is 2. The summed E-state index contributed by atoms with van der Waals surface area (Å²) in [6, 6.07) is 17.4. The molecule has 2 heterocycles. The maximum atomic E-state index is 12.8. The van der Waals surface area contributed by atoms with E-state index in [-0.39, 0.29) is 24.3 Å². The van der Waals surface area contributed by atoms with Crippen molar-refractivity contribution in [3.8, 4) is 0 Å². The number of amides is 2. The molecule has 2 amide bonds. The molecule has 1 N–H and O–H groups in total. The minimum Gasteiger partial charge on any atom is -0.335 e. The number of nitrogens with zero attached hydrogens (tertiary/aromatic N) is 2. The number of fused-ring (bicyclic) bond motifs is 2. The Hall–Kier alpha value is -3.21. The molecule has 0 bridgehead atoms. The monoisotopic (exact) mass is 359 g/mol. The third kappa shape index (κ3) is 3.40. The van der Waals surface area contributed by atoms with Crippen molar-refractivity contribution in [1.29, 1.82) is 0 Å².